The third-order valence-corrected chi connectivity index (χ3v) is 3.70. The molecule has 2 atom stereocenters. The van der Waals surface area contributed by atoms with Gasteiger partial charge in [0.05, 0.1) is 0 Å². The van der Waals surface area contributed by atoms with Crippen molar-refractivity contribution in [3.05, 3.63) is 0 Å². The van der Waals surface area contributed by atoms with E-state index in [1.807, 2.05) is 0 Å². The van der Waals surface area contributed by atoms with Crippen LogP contribution in [-0.2, 0) is 0 Å². The van der Waals surface area contributed by atoms with Gasteiger partial charge in [0.15, 0.2) is 0 Å². The summed E-state index contributed by atoms with van der Waals surface area (Å²) in [5.41, 5.74) is 0. The lowest BCUT2D eigenvalue weighted by Crippen LogP contribution is -2.30. The minimum atomic E-state index is 0.272. The second-order valence-corrected chi connectivity index (χ2v) is 5.40. The Labute approximate surface area is 101 Å². The molecular formula is C13H28ClN. The van der Waals surface area contributed by atoms with Gasteiger partial charge in [-0.15, -0.1) is 11.6 Å². The van der Waals surface area contributed by atoms with Crippen LogP contribution in [0, 0.1) is 11.8 Å². The van der Waals surface area contributed by atoms with Crippen molar-refractivity contribution in [2.24, 2.45) is 11.8 Å². The molecule has 0 aliphatic heterocycles. The molecule has 1 N–H and O–H groups in total. The maximum absolute atomic E-state index is 6.18. The Bertz CT molecular complexity index is 136. The molecule has 92 valence electrons. The molecule has 0 heterocycles. The molecule has 0 rings (SSSR count). The van der Waals surface area contributed by atoms with Crippen molar-refractivity contribution in [3.8, 4) is 0 Å². The maximum Gasteiger partial charge on any atom is 0.0483 e. The quantitative estimate of drug-likeness (QED) is 0.593. The van der Waals surface area contributed by atoms with Gasteiger partial charge in [-0.05, 0) is 24.8 Å². The molecule has 0 radical (unpaired) electrons. The third kappa shape index (κ3) is 8.10. The summed E-state index contributed by atoms with van der Waals surface area (Å²) in [5, 5.41) is 3.77. The Morgan fingerprint density at radius 3 is 2.27 bits per heavy atom. The number of hydrogen-bond acceptors (Lipinski definition) is 1. The molecule has 0 aromatic carbocycles. The van der Waals surface area contributed by atoms with Crippen LogP contribution in [0.15, 0.2) is 0 Å². The lowest BCUT2D eigenvalue weighted by molar-refractivity contribution is 0.411. The number of halogens is 1. The molecule has 2 heteroatoms. The average Bonchev–Trinajstić information content (AvgIpc) is 2.22. The molecule has 0 aromatic heterocycles. The van der Waals surface area contributed by atoms with Gasteiger partial charge in [-0.2, -0.15) is 0 Å². The van der Waals surface area contributed by atoms with Crippen molar-refractivity contribution in [2.75, 3.05) is 13.1 Å². The average molecular weight is 234 g/mol. The Morgan fingerprint density at radius 2 is 1.80 bits per heavy atom. The fourth-order valence-electron chi connectivity index (χ4n) is 1.60. The van der Waals surface area contributed by atoms with Crippen LogP contribution in [0.1, 0.15) is 53.4 Å². The summed E-state index contributed by atoms with van der Waals surface area (Å²) in [5.74, 6) is 1.40. The standard InChI is InChI=1S/C13H28ClN/c1-5-7-8-12(6-2)9-15-10-13(14)11(3)4/h11-13,15H,5-10H2,1-4H3. The Hall–Kier alpha value is 0.250. The van der Waals surface area contributed by atoms with Crippen molar-refractivity contribution >= 4 is 11.6 Å². The molecular weight excluding hydrogens is 206 g/mol. The smallest absolute Gasteiger partial charge is 0.0483 e. The normalized spacial score (nSPS) is 15.6. The first kappa shape index (κ1) is 15.2. The number of alkyl halides is 1. The number of unbranched alkanes of at least 4 members (excludes halogenated alkanes) is 1. The highest BCUT2D eigenvalue weighted by molar-refractivity contribution is 6.20. The van der Waals surface area contributed by atoms with Crippen LogP contribution in [-0.4, -0.2) is 18.5 Å². The molecule has 0 fully saturated rings. The van der Waals surface area contributed by atoms with Crippen LogP contribution in [0.25, 0.3) is 0 Å². The van der Waals surface area contributed by atoms with Crippen molar-refractivity contribution < 1.29 is 0 Å². The van der Waals surface area contributed by atoms with E-state index in [-0.39, 0.29) is 5.38 Å². The van der Waals surface area contributed by atoms with E-state index in [4.69, 9.17) is 11.6 Å². The maximum atomic E-state index is 6.18. The Balaban J connectivity index is 3.53. The summed E-state index contributed by atoms with van der Waals surface area (Å²) in [6, 6.07) is 0. The summed E-state index contributed by atoms with van der Waals surface area (Å²) in [6.45, 7) is 11.0. The van der Waals surface area contributed by atoms with E-state index in [1.165, 1.54) is 25.7 Å². The molecule has 0 aliphatic carbocycles. The van der Waals surface area contributed by atoms with Gasteiger partial charge in [-0.3, -0.25) is 0 Å². The van der Waals surface area contributed by atoms with Gasteiger partial charge in [0.25, 0.3) is 0 Å². The molecule has 0 saturated carbocycles. The van der Waals surface area contributed by atoms with Crippen LogP contribution < -0.4 is 5.32 Å². The Kier molecular flexibility index (Phi) is 9.63. The van der Waals surface area contributed by atoms with E-state index in [2.05, 4.69) is 33.0 Å². The van der Waals surface area contributed by atoms with Gasteiger partial charge in [0.1, 0.15) is 0 Å². The summed E-state index contributed by atoms with van der Waals surface area (Å²) >= 11 is 6.18. The van der Waals surface area contributed by atoms with Crippen molar-refractivity contribution in [3.63, 3.8) is 0 Å². The highest BCUT2D eigenvalue weighted by atomic mass is 35.5. The molecule has 0 amide bonds. The molecule has 0 bridgehead atoms. The molecule has 0 spiro atoms. The van der Waals surface area contributed by atoms with Gasteiger partial charge in [0, 0.05) is 11.9 Å². The van der Waals surface area contributed by atoms with E-state index >= 15 is 0 Å². The predicted molar refractivity (Wildman–Crippen MR) is 70.7 cm³/mol. The molecule has 2 unspecified atom stereocenters. The summed E-state index contributed by atoms with van der Waals surface area (Å²) < 4.78 is 0. The van der Waals surface area contributed by atoms with Gasteiger partial charge >= 0.3 is 0 Å². The topological polar surface area (TPSA) is 12.0 Å². The number of hydrogen-bond donors (Lipinski definition) is 1. The number of rotatable bonds is 9. The zero-order valence-corrected chi connectivity index (χ0v) is 11.6. The van der Waals surface area contributed by atoms with Crippen LogP contribution in [0.5, 0.6) is 0 Å². The van der Waals surface area contributed by atoms with E-state index in [0.717, 1.165) is 19.0 Å². The zero-order chi connectivity index (χ0) is 11.7. The summed E-state index contributed by atoms with van der Waals surface area (Å²) in [6.07, 6.45) is 5.30. The van der Waals surface area contributed by atoms with Gasteiger partial charge < -0.3 is 5.32 Å². The molecule has 15 heavy (non-hydrogen) atoms. The minimum Gasteiger partial charge on any atom is -0.315 e. The molecule has 0 saturated heterocycles. The predicted octanol–water partition coefficient (Wildman–Crippen LogP) is 4.06. The molecule has 0 aromatic rings. The highest BCUT2D eigenvalue weighted by Gasteiger charge is 2.10. The Morgan fingerprint density at radius 1 is 1.13 bits per heavy atom. The first-order valence-corrected chi connectivity index (χ1v) is 6.90. The monoisotopic (exact) mass is 233 g/mol. The zero-order valence-electron chi connectivity index (χ0n) is 10.9. The third-order valence-electron chi connectivity index (χ3n) is 3.04. The lowest BCUT2D eigenvalue weighted by atomic mass is 9.99. The van der Waals surface area contributed by atoms with Gasteiger partial charge in [-0.25, -0.2) is 0 Å². The molecule has 0 aliphatic rings. The lowest BCUT2D eigenvalue weighted by Gasteiger charge is -2.18. The number of nitrogens with one attached hydrogen (secondary N) is 1. The summed E-state index contributed by atoms with van der Waals surface area (Å²) in [4.78, 5) is 0. The SMILES string of the molecule is CCCCC(CC)CNCC(Cl)C(C)C. The minimum absolute atomic E-state index is 0.272. The van der Waals surface area contributed by atoms with Crippen molar-refractivity contribution in [1.29, 1.82) is 0 Å². The van der Waals surface area contributed by atoms with E-state index < -0.39 is 0 Å². The van der Waals surface area contributed by atoms with Gasteiger partial charge in [0.2, 0.25) is 0 Å². The van der Waals surface area contributed by atoms with E-state index in [0.29, 0.717) is 5.92 Å². The molecule has 1 nitrogen and oxygen atoms in total. The van der Waals surface area contributed by atoms with Crippen LogP contribution in [0.4, 0.5) is 0 Å². The van der Waals surface area contributed by atoms with Crippen LogP contribution >= 0.6 is 11.6 Å². The van der Waals surface area contributed by atoms with Gasteiger partial charge in [-0.1, -0.05) is 47.0 Å². The second kappa shape index (κ2) is 9.47. The van der Waals surface area contributed by atoms with E-state index in [9.17, 15) is 0 Å². The summed E-state index contributed by atoms with van der Waals surface area (Å²) in [7, 11) is 0. The van der Waals surface area contributed by atoms with E-state index in [1.54, 1.807) is 0 Å². The largest absolute Gasteiger partial charge is 0.315 e. The first-order valence-electron chi connectivity index (χ1n) is 6.46. The van der Waals surface area contributed by atoms with Crippen LogP contribution in [0.3, 0.4) is 0 Å². The second-order valence-electron chi connectivity index (χ2n) is 4.83. The van der Waals surface area contributed by atoms with Crippen molar-refractivity contribution in [2.45, 2.75) is 58.8 Å². The van der Waals surface area contributed by atoms with Crippen molar-refractivity contribution in [1.82, 2.24) is 5.32 Å². The fourth-order valence-corrected chi connectivity index (χ4v) is 1.71. The van der Waals surface area contributed by atoms with Crippen LogP contribution in [0.2, 0.25) is 0 Å². The highest BCUT2D eigenvalue weighted by Crippen LogP contribution is 2.12. The fraction of sp³-hybridized carbons (Fsp3) is 1.00. The first-order chi connectivity index (χ1) is 7.11.